The second-order valence-corrected chi connectivity index (χ2v) is 4.14. The molecule has 0 aliphatic carbocycles. The first-order valence-electron chi connectivity index (χ1n) is 3.81. The first-order valence-corrected chi connectivity index (χ1v) is 5.74. The number of hydrogen-bond donors (Lipinski definition) is 0. The van der Waals surface area contributed by atoms with Crippen molar-refractivity contribution in [1.82, 2.24) is 0 Å². The maximum absolute atomic E-state index is 7.50. The van der Waals surface area contributed by atoms with Gasteiger partial charge in [-0.3, -0.25) is 0 Å². The summed E-state index contributed by atoms with van der Waals surface area (Å²) in [7, 11) is 0.132. The standard InChI is InChI=1S/C7H11P.5CO.W/c1-6-4-8(3)5-7(6)2;5*1-2;/h4-5H,1-3H3;;;;;;. The van der Waals surface area contributed by atoms with Crippen LogP contribution in [0.1, 0.15) is 11.1 Å². The van der Waals surface area contributed by atoms with Crippen molar-refractivity contribution in [2.45, 2.75) is 13.8 Å². The van der Waals surface area contributed by atoms with Gasteiger partial charge in [0.2, 0.25) is 0 Å². The Morgan fingerprint density at radius 2 is 0.842 bits per heavy atom. The van der Waals surface area contributed by atoms with Crippen molar-refractivity contribution < 1.29 is 44.3 Å². The second kappa shape index (κ2) is 43.4. The molecule has 0 bridgehead atoms. The minimum atomic E-state index is 0. The van der Waals surface area contributed by atoms with Gasteiger partial charge in [0.05, 0.1) is 0 Å². The summed E-state index contributed by atoms with van der Waals surface area (Å²) < 4.78 is 37.5. The molecule has 1 aromatic heterocycles. The molecule has 1 aromatic rings. The summed E-state index contributed by atoms with van der Waals surface area (Å²) in [5.74, 6) is 4.70. The van der Waals surface area contributed by atoms with Gasteiger partial charge in [-0.05, 0) is 43.2 Å². The molecule has 0 aliphatic rings. The third-order valence-corrected chi connectivity index (χ3v) is 3.01. The smallest absolute Gasteiger partial charge is 0 e. The molecule has 1 heterocycles. The van der Waals surface area contributed by atoms with Crippen molar-refractivity contribution in [1.29, 1.82) is 0 Å². The summed E-state index contributed by atoms with van der Waals surface area (Å²) in [5.41, 5.74) is 2.94. The minimum Gasteiger partial charge on any atom is 0 e. The molecule has 0 saturated carbocycles. The molecular weight excluding hydrogens is 439 g/mol. The van der Waals surface area contributed by atoms with Crippen LogP contribution in [0.2, 0.25) is 0 Å². The Hall–Kier alpha value is -0.832. The maximum Gasteiger partial charge on any atom is 0 e. The Bertz CT molecular complexity index is 319. The van der Waals surface area contributed by atoms with Crippen LogP contribution < -0.4 is 0 Å². The van der Waals surface area contributed by atoms with Gasteiger partial charge in [-0.2, -0.15) is 0 Å². The van der Waals surface area contributed by atoms with Crippen molar-refractivity contribution in [3.63, 3.8) is 0 Å². The zero-order valence-electron chi connectivity index (χ0n) is 10.6. The number of aryl methyl sites for hydroxylation is 3. The Kier molecular flexibility index (Phi) is 82.6. The molecule has 0 atom stereocenters. The van der Waals surface area contributed by atoms with E-state index in [1.165, 1.54) is 11.1 Å². The molecule has 0 aromatic carbocycles. The summed E-state index contributed by atoms with van der Waals surface area (Å²) in [6, 6.07) is 0. The van der Waals surface area contributed by atoms with E-state index in [1.54, 1.807) is 0 Å². The molecule has 1 rings (SSSR count). The quantitative estimate of drug-likeness (QED) is 0.429. The molecule has 0 radical (unpaired) electrons. The van der Waals surface area contributed by atoms with Crippen LogP contribution in [-0.2, 0) is 51.0 Å². The van der Waals surface area contributed by atoms with Crippen molar-refractivity contribution in [3.8, 4) is 0 Å². The topological polar surface area (TPSA) is 99.5 Å². The van der Waals surface area contributed by atoms with E-state index in [0.717, 1.165) is 0 Å². The second-order valence-electron chi connectivity index (χ2n) is 2.29. The van der Waals surface area contributed by atoms with E-state index in [9.17, 15) is 0 Å². The molecule has 100 valence electrons. The van der Waals surface area contributed by atoms with Crippen LogP contribution in [0, 0.1) is 47.1 Å². The molecule has 19 heavy (non-hydrogen) atoms. The van der Waals surface area contributed by atoms with Crippen LogP contribution in [0.3, 0.4) is 0 Å². The Morgan fingerprint density at radius 1 is 0.684 bits per heavy atom. The Morgan fingerprint density at radius 3 is 0.895 bits per heavy atom. The third kappa shape index (κ3) is 31.7. The minimum absolute atomic E-state index is 0. The van der Waals surface area contributed by atoms with E-state index < -0.39 is 0 Å². The van der Waals surface area contributed by atoms with Crippen LogP contribution >= 0.6 is 7.53 Å². The molecule has 0 N–H and O–H groups in total. The van der Waals surface area contributed by atoms with Crippen LogP contribution in [0.15, 0.2) is 11.6 Å². The Balaban J connectivity index is -0.0000000332. The van der Waals surface area contributed by atoms with Crippen molar-refractivity contribution in [3.05, 3.63) is 56.0 Å². The van der Waals surface area contributed by atoms with Gasteiger partial charge in [-0.1, -0.05) is 0 Å². The fourth-order valence-corrected chi connectivity index (χ4v) is 2.56. The fraction of sp³-hybridized carbons (Fsp3) is 0.250. The predicted molar refractivity (Wildman–Crippen MR) is 59.3 cm³/mol. The summed E-state index contributed by atoms with van der Waals surface area (Å²) in [6.07, 6.45) is 0. The van der Waals surface area contributed by atoms with Gasteiger partial charge < -0.3 is 0 Å². The molecular formula is C12H11O5PW. The number of rotatable bonds is 0. The first kappa shape index (κ1) is 36.2. The van der Waals surface area contributed by atoms with Gasteiger partial charge in [0.15, 0.2) is 0 Å². The van der Waals surface area contributed by atoms with Gasteiger partial charge in [0.25, 0.3) is 0 Å². The Labute approximate surface area is 128 Å². The fourth-order valence-electron chi connectivity index (χ4n) is 0.852. The van der Waals surface area contributed by atoms with Gasteiger partial charge in [0, 0.05) is 21.1 Å². The zero-order chi connectivity index (χ0) is 16.1. The number of hydrogen-bond acceptors (Lipinski definition) is 0. The van der Waals surface area contributed by atoms with Crippen LogP contribution in [0.4, 0.5) is 0 Å². The zero-order valence-corrected chi connectivity index (χ0v) is 14.4. The average molecular weight is 450 g/mol. The SMILES string of the molecule is Cc1cp(C)cc1C.[C-]#[O+].[C-]#[O+].[C-]#[O+].[C-]#[O+].[C-]#[O+].[W]. The monoisotopic (exact) mass is 450 g/mol. The molecule has 0 saturated heterocycles. The van der Waals surface area contributed by atoms with E-state index in [4.69, 9.17) is 23.3 Å². The van der Waals surface area contributed by atoms with Crippen LogP contribution in [0.25, 0.3) is 0 Å². The van der Waals surface area contributed by atoms with Crippen molar-refractivity contribution in [2.75, 3.05) is 0 Å². The molecule has 0 aliphatic heterocycles. The molecule has 0 amide bonds. The van der Waals surface area contributed by atoms with Gasteiger partial charge in [-0.25, -0.2) is 0 Å². The van der Waals surface area contributed by atoms with E-state index in [2.05, 4.69) is 65.4 Å². The normalized spacial score (nSPS) is 4.68. The third-order valence-electron chi connectivity index (χ3n) is 1.42. The van der Waals surface area contributed by atoms with Crippen molar-refractivity contribution in [2.24, 2.45) is 6.66 Å². The predicted octanol–water partition coefficient (Wildman–Crippen LogP) is 2.64. The summed E-state index contributed by atoms with van der Waals surface area (Å²) in [6.45, 7) is 29.1. The summed E-state index contributed by atoms with van der Waals surface area (Å²) >= 11 is 0. The summed E-state index contributed by atoms with van der Waals surface area (Å²) in [5, 5.41) is 0. The average Bonchev–Trinajstić information content (AvgIpc) is 2.78. The van der Waals surface area contributed by atoms with E-state index in [0.29, 0.717) is 0 Å². The maximum atomic E-state index is 7.50. The molecule has 7 heteroatoms. The molecule has 5 nitrogen and oxygen atoms in total. The van der Waals surface area contributed by atoms with Gasteiger partial charge in [-0.15, -0.1) is 7.53 Å². The largest absolute Gasteiger partial charge is 0 e. The van der Waals surface area contributed by atoms with Gasteiger partial charge in [0.1, 0.15) is 0 Å². The summed E-state index contributed by atoms with van der Waals surface area (Å²) in [4.78, 5) is 0. The first-order chi connectivity index (χ1) is 8.70. The van der Waals surface area contributed by atoms with Crippen LogP contribution in [0.5, 0.6) is 0 Å². The van der Waals surface area contributed by atoms with E-state index >= 15 is 0 Å². The van der Waals surface area contributed by atoms with E-state index in [-0.39, 0.29) is 28.6 Å². The van der Waals surface area contributed by atoms with Crippen LogP contribution in [-0.4, -0.2) is 0 Å². The van der Waals surface area contributed by atoms with E-state index in [1.807, 2.05) is 0 Å². The molecule has 0 fully saturated rings. The van der Waals surface area contributed by atoms with Crippen molar-refractivity contribution >= 4 is 7.53 Å². The molecule has 0 unspecified atom stereocenters. The molecule has 0 spiro atoms. The van der Waals surface area contributed by atoms with Gasteiger partial charge >= 0.3 is 56.5 Å².